The second-order valence-electron chi connectivity index (χ2n) is 10.4. The SMILES string of the molecule is COC(=O)CCCCCCCCO[C@@H]1O[C@@H]2COC(c3ccccc3)O[C@@H]2[C@H](OC(=O)CCl)[C@H]1OC(=O)c1ccccc1. The van der Waals surface area contributed by atoms with E-state index in [0.29, 0.717) is 18.6 Å². The Labute approximate surface area is 256 Å². The molecule has 2 fully saturated rings. The van der Waals surface area contributed by atoms with Crippen LogP contribution in [0.25, 0.3) is 0 Å². The van der Waals surface area contributed by atoms with E-state index < -0.39 is 54.8 Å². The Bertz CT molecular complexity index is 1150. The molecular weight excluding hydrogens is 580 g/mol. The van der Waals surface area contributed by atoms with Gasteiger partial charge in [0, 0.05) is 18.6 Å². The van der Waals surface area contributed by atoms with E-state index in [2.05, 4.69) is 4.74 Å². The summed E-state index contributed by atoms with van der Waals surface area (Å²) in [5.41, 5.74) is 1.11. The number of ether oxygens (including phenoxy) is 7. The number of carbonyl (C=O) groups excluding carboxylic acids is 3. The van der Waals surface area contributed by atoms with Gasteiger partial charge in [0.25, 0.3) is 0 Å². The van der Waals surface area contributed by atoms with Crippen LogP contribution >= 0.6 is 11.6 Å². The number of halogens is 1. The average Bonchev–Trinajstić information content (AvgIpc) is 3.05. The van der Waals surface area contributed by atoms with Crippen LogP contribution in [-0.4, -0.2) is 74.8 Å². The summed E-state index contributed by atoms with van der Waals surface area (Å²) < 4.78 is 40.9. The van der Waals surface area contributed by atoms with Gasteiger partial charge < -0.3 is 33.2 Å². The van der Waals surface area contributed by atoms with E-state index in [-0.39, 0.29) is 12.6 Å². The Balaban J connectivity index is 1.43. The van der Waals surface area contributed by atoms with Crippen LogP contribution in [0.4, 0.5) is 0 Å². The third-order valence-corrected chi connectivity index (χ3v) is 7.49. The van der Waals surface area contributed by atoms with Crippen molar-refractivity contribution in [1.29, 1.82) is 0 Å². The van der Waals surface area contributed by atoms with Gasteiger partial charge in [-0.2, -0.15) is 0 Å². The topological polar surface area (TPSA) is 116 Å². The third kappa shape index (κ3) is 9.74. The summed E-state index contributed by atoms with van der Waals surface area (Å²) in [5, 5.41) is 0. The highest BCUT2D eigenvalue weighted by atomic mass is 35.5. The molecule has 0 saturated carbocycles. The minimum absolute atomic E-state index is 0.143. The molecule has 2 aliphatic rings. The Hall–Kier alpha value is -3.02. The first kappa shape index (κ1) is 32.9. The number of esters is 3. The van der Waals surface area contributed by atoms with Gasteiger partial charge in [-0.05, 0) is 25.0 Å². The zero-order chi connectivity index (χ0) is 30.4. The largest absolute Gasteiger partial charge is 0.469 e. The maximum Gasteiger partial charge on any atom is 0.338 e. The number of methoxy groups -OCH3 is 1. The molecule has 43 heavy (non-hydrogen) atoms. The third-order valence-electron chi connectivity index (χ3n) is 7.27. The fourth-order valence-corrected chi connectivity index (χ4v) is 5.11. The molecule has 2 saturated heterocycles. The summed E-state index contributed by atoms with van der Waals surface area (Å²) in [4.78, 5) is 36.9. The zero-order valence-electron chi connectivity index (χ0n) is 24.3. The molecule has 0 N–H and O–H groups in total. The Morgan fingerprint density at radius 2 is 1.49 bits per heavy atom. The summed E-state index contributed by atoms with van der Waals surface area (Å²) in [6, 6.07) is 17.9. The van der Waals surface area contributed by atoms with Crippen LogP contribution in [0.1, 0.15) is 67.2 Å². The number of fused-ring (bicyclic) bond motifs is 1. The molecule has 6 atom stereocenters. The quantitative estimate of drug-likeness (QED) is 0.115. The first-order valence-electron chi connectivity index (χ1n) is 14.7. The van der Waals surface area contributed by atoms with Crippen molar-refractivity contribution in [3.8, 4) is 0 Å². The number of rotatable bonds is 15. The van der Waals surface area contributed by atoms with E-state index in [0.717, 1.165) is 44.1 Å². The summed E-state index contributed by atoms with van der Waals surface area (Å²) in [6.07, 6.45) is 0.344. The van der Waals surface area contributed by atoms with Gasteiger partial charge in [-0.15, -0.1) is 11.6 Å². The van der Waals surface area contributed by atoms with E-state index in [1.165, 1.54) is 7.11 Å². The predicted molar refractivity (Wildman–Crippen MR) is 155 cm³/mol. The molecule has 0 radical (unpaired) electrons. The lowest BCUT2D eigenvalue weighted by atomic mass is 9.97. The van der Waals surface area contributed by atoms with Gasteiger partial charge >= 0.3 is 17.9 Å². The van der Waals surface area contributed by atoms with Gasteiger partial charge in [0.1, 0.15) is 18.1 Å². The first-order chi connectivity index (χ1) is 21.0. The van der Waals surface area contributed by atoms with E-state index in [1.807, 2.05) is 30.3 Å². The molecule has 11 heteroatoms. The highest BCUT2D eigenvalue weighted by molar-refractivity contribution is 6.26. The van der Waals surface area contributed by atoms with Crippen molar-refractivity contribution >= 4 is 29.5 Å². The molecule has 234 valence electrons. The molecule has 0 aliphatic carbocycles. The van der Waals surface area contributed by atoms with Crippen molar-refractivity contribution < 1.29 is 47.5 Å². The Morgan fingerprint density at radius 1 is 0.814 bits per heavy atom. The number of carbonyl (C=O) groups is 3. The first-order valence-corrected chi connectivity index (χ1v) is 15.2. The highest BCUT2D eigenvalue weighted by Gasteiger charge is 2.54. The van der Waals surface area contributed by atoms with Crippen LogP contribution in [0.15, 0.2) is 60.7 Å². The molecule has 2 aromatic rings. The molecule has 0 bridgehead atoms. The zero-order valence-corrected chi connectivity index (χ0v) is 25.0. The lowest BCUT2D eigenvalue weighted by Crippen LogP contribution is -2.64. The molecule has 4 rings (SSSR count). The molecule has 1 unspecified atom stereocenters. The van der Waals surface area contributed by atoms with E-state index in [1.54, 1.807) is 30.3 Å². The minimum Gasteiger partial charge on any atom is -0.469 e. The number of alkyl halides is 1. The van der Waals surface area contributed by atoms with Crippen LogP contribution in [0.2, 0.25) is 0 Å². The maximum atomic E-state index is 13.2. The van der Waals surface area contributed by atoms with Gasteiger partial charge in [-0.3, -0.25) is 9.59 Å². The smallest absolute Gasteiger partial charge is 0.338 e. The van der Waals surface area contributed by atoms with Crippen molar-refractivity contribution in [2.75, 3.05) is 26.2 Å². The second kappa shape index (κ2) is 17.3. The van der Waals surface area contributed by atoms with Crippen molar-refractivity contribution in [1.82, 2.24) is 0 Å². The molecule has 0 amide bonds. The van der Waals surface area contributed by atoms with Crippen LogP contribution in [0.5, 0.6) is 0 Å². The van der Waals surface area contributed by atoms with E-state index in [4.69, 9.17) is 40.0 Å². The Morgan fingerprint density at radius 3 is 2.19 bits per heavy atom. The van der Waals surface area contributed by atoms with Gasteiger partial charge in [-0.25, -0.2) is 4.79 Å². The molecule has 2 aromatic carbocycles. The average molecular weight is 619 g/mol. The van der Waals surface area contributed by atoms with Crippen LogP contribution in [0.3, 0.4) is 0 Å². The molecular formula is C32H39ClO10. The normalized spacial score (nSPS) is 24.9. The Kier molecular flexibility index (Phi) is 13.2. The predicted octanol–water partition coefficient (Wildman–Crippen LogP) is 5.12. The molecule has 0 aromatic heterocycles. The number of hydrogen-bond donors (Lipinski definition) is 0. The number of unbranched alkanes of at least 4 members (excludes halogenated alkanes) is 5. The van der Waals surface area contributed by atoms with Gasteiger partial charge in [0.15, 0.2) is 24.8 Å². The lowest BCUT2D eigenvalue weighted by Gasteiger charge is -2.48. The number of benzene rings is 2. The molecule has 10 nitrogen and oxygen atoms in total. The molecule has 0 spiro atoms. The summed E-state index contributed by atoms with van der Waals surface area (Å²) in [6.45, 7) is 0.470. The van der Waals surface area contributed by atoms with Crippen molar-refractivity contribution in [2.24, 2.45) is 0 Å². The van der Waals surface area contributed by atoms with Crippen molar-refractivity contribution in [2.45, 2.75) is 81.9 Å². The summed E-state index contributed by atoms with van der Waals surface area (Å²) >= 11 is 5.81. The fraction of sp³-hybridized carbons (Fsp3) is 0.531. The second-order valence-corrected chi connectivity index (χ2v) is 10.6. The maximum absolute atomic E-state index is 13.2. The van der Waals surface area contributed by atoms with E-state index >= 15 is 0 Å². The van der Waals surface area contributed by atoms with E-state index in [9.17, 15) is 14.4 Å². The molecule has 2 heterocycles. The highest BCUT2D eigenvalue weighted by Crippen LogP contribution is 2.37. The monoisotopic (exact) mass is 618 g/mol. The lowest BCUT2D eigenvalue weighted by molar-refractivity contribution is -0.361. The van der Waals surface area contributed by atoms with Crippen molar-refractivity contribution in [3.05, 3.63) is 71.8 Å². The number of hydrogen-bond acceptors (Lipinski definition) is 10. The van der Waals surface area contributed by atoms with Crippen LogP contribution in [0, 0.1) is 0 Å². The fourth-order valence-electron chi connectivity index (χ4n) is 5.05. The molecule has 2 aliphatic heterocycles. The minimum atomic E-state index is -1.13. The van der Waals surface area contributed by atoms with Crippen LogP contribution < -0.4 is 0 Å². The standard InChI is InChI=1S/C32H39ClO10/c1-37-25(34)18-12-4-2-3-5-13-19-38-32-29(42-30(36)22-14-8-6-9-15-22)28(41-26(35)20-33)27-24(40-32)21-39-31(43-27)23-16-10-7-11-17-23/h6-11,14-17,24,27-29,31-32H,2-5,12-13,18-21H2,1H3/t24-,27+,28+,29-,31?,32-/m1/s1. The van der Waals surface area contributed by atoms with Crippen molar-refractivity contribution in [3.63, 3.8) is 0 Å². The van der Waals surface area contributed by atoms with Gasteiger partial charge in [0.05, 0.1) is 19.3 Å². The summed E-state index contributed by atoms with van der Waals surface area (Å²) in [7, 11) is 1.39. The van der Waals surface area contributed by atoms with Crippen LogP contribution in [-0.2, 0) is 42.7 Å². The summed E-state index contributed by atoms with van der Waals surface area (Å²) in [5.74, 6) is -1.89. The van der Waals surface area contributed by atoms with Gasteiger partial charge in [0.2, 0.25) is 0 Å². The van der Waals surface area contributed by atoms with Gasteiger partial charge in [-0.1, -0.05) is 74.2 Å².